The van der Waals surface area contributed by atoms with Gasteiger partial charge < -0.3 is 14.5 Å². The minimum Gasteiger partial charge on any atom is -0.497 e. The van der Waals surface area contributed by atoms with Crippen molar-refractivity contribution in [2.75, 3.05) is 19.4 Å². The molecule has 6 nitrogen and oxygen atoms in total. The fourth-order valence-electron chi connectivity index (χ4n) is 1.45. The fraction of sp³-hybridized carbons (Fsp3) is 0.214. The highest BCUT2D eigenvalue weighted by molar-refractivity contribution is 7.99. The van der Waals surface area contributed by atoms with E-state index >= 15 is 0 Å². The largest absolute Gasteiger partial charge is 0.497 e. The molecule has 0 atom stereocenters. The van der Waals surface area contributed by atoms with Gasteiger partial charge in [-0.1, -0.05) is 17.7 Å². The summed E-state index contributed by atoms with van der Waals surface area (Å²) >= 11 is 1.16. The Morgan fingerprint density at radius 3 is 2.86 bits per heavy atom. The molecule has 2 aromatic rings. The molecule has 0 saturated carbocycles. The molecule has 21 heavy (non-hydrogen) atoms. The van der Waals surface area contributed by atoms with Crippen molar-refractivity contribution in [3.8, 4) is 29.5 Å². The van der Waals surface area contributed by atoms with E-state index in [2.05, 4.69) is 21.4 Å². The second-order valence-electron chi connectivity index (χ2n) is 3.87. The van der Waals surface area contributed by atoms with E-state index in [0.717, 1.165) is 23.1 Å². The van der Waals surface area contributed by atoms with Crippen LogP contribution >= 0.6 is 11.8 Å². The molecular weight excluding hydrogens is 290 g/mol. The number of carbonyl (C=O) groups excluding carboxylic acids is 1. The summed E-state index contributed by atoms with van der Waals surface area (Å²) < 4.78 is 10.6. The normalized spacial score (nSPS) is 9.90. The first-order valence-electron chi connectivity index (χ1n) is 6.04. The molecule has 0 radical (unpaired) electrons. The Labute approximate surface area is 126 Å². The number of terminal acetylenes is 1. The molecule has 0 aliphatic rings. The van der Waals surface area contributed by atoms with Crippen LogP contribution in [0.25, 0.3) is 11.5 Å². The molecule has 0 saturated heterocycles. The molecular formula is C14H13N3O3S. The van der Waals surface area contributed by atoms with Gasteiger partial charge in [-0.2, -0.15) is 0 Å². The fourth-order valence-corrected chi connectivity index (χ4v) is 2.04. The van der Waals surface area contributed by atoms with Crippen LogP contribution in [-0.2, 0) is 4.79 Å². The lowest BCUT2D eigenvalue weighted by molar-refractivity contribution is -0.118. The molecule has 0 fully saturated rings. The average molecular weight is 303 g/mol. The SMILES string of the molecule is C#CCNC(=O)CSc1nnc(-c2ccc(OC)cc2)o1. The summed E-state index contributed by atoms with van der Waals surface area (Å²) in [6.07, 6.45) is 5.05. The number of hydrogen-bond acceptors (Lipinski definition) is 6. The Hall–Kier alpha value is -2.46. The van der Waals surface area contributed by atoms with Gasteiger partial charge in [0.15, 0.2) is 0 Å². The van der Waals surface area contributed by atoms with Crippen molar-refractivity contribution in [1.82, 2.24) is 15.5 Å². The lowest BCUT2D eigenvalue weighted by Gasteiger charge is -1.99. The van der Waals surface area contributed by atoms with Crippen molar-refractivity contribution < 1.29 is 13.9 Å². The predicted molar refractivity (Wildman–Crippen MR) is 78.9 cm³/mol. The zero-order valence-corrected chi connectivity index (χ0v) is 12.1. The number of thioether (sulfide) groups is 1. The highest BCUT2D eigenvalue weighted by Crippen LogP contribution is 2.24. The Morgan fingerprint density at radius 2 is 2.19 bits per heavy atom. The molecule has 2 rings (SSSR count). The van der Waals surface area contributed by atoms with Gasteiger partial charge in [-0.3, -0.25) is 4.79 Å². The van der Waals surface area contributed by atoms with Crippen LogP contribution in [-0.4, -0.2) is 35.5 Å². The number of ether oxygens (including phenoxy) is 1. The van der Waals surface area contributed by atoms with E-state index in [9.17, 15) is 4.79 Å². The molecule has 1 amide bonds. The number of hydrogen-bond donors (Lipinski definition) is 1. The molecule has 0 aliphatic carbocycles. The lowest BCUT2D eigenvalue weighted by Crippen LogP contribution is -2.25. The van der Waals surface area contributed by atoms with E-state index in [0.29, 0.717) is 11.1 Å². The molecule has 1 aromatic carbocycles. The Kier molecular flexibility index (Phi) is 5.23. The molecule has 0 unspecified atom stereocenters. The number of rotatable bonds is 6. The first kappa shape index (κ1) is 14.9. The third kappa shape index (κ3) is 4.26. The zero-order chi connectivity index (χ0) is 15.1. The maximum absolute atomic E-state index is 11.4. The lowest BCUT2D eigenvalue weighted by atomic mass is 10.2. The number of benzene rings is 1. The van der Waals surface area contributed by atoms with E-state index in [1.807, 2.05) is 12.1 Å². The zero-order valence-electron chi connectivity index (χ0n) is 11.3. The summed E-state index contributed by atoms with van der Waals surface area (Å²) in [5.41, 5.74) is 0.784. The van der Waals surface area contributed by atoms with Gasteiger partial charge in [0.2, 0.25) is 11.8 Å². The van der Waals surface area contributed by atoms with Gasteiger partial charge in [0.25, 0.3) is 5.22 Å². The number of amides is 1. The topological polar surface area (TPSA) is 77.2 Å². The Bertz CT molecular complexity index is 646. The maximum atomic E-state index is 11.4. The van der Waals surface area contributed by atoms with Gasteiger partial charge in [-0.05, 0) is 24.3 Å². The highest BCUT2D eigenvalue weighted by atomic mass is 32.2. The quantitative estimate of drug-likeness (QED) is 0.645. The second kappa shape index (κ2) is 7.36. The molecule has 1 N–H and O–H groups in total. The van der Waals surface area contributed by atoms with Crippen molar-refractivity contribution in [2.24, 2.45) is 0 Å². The third-order valence-corrected chi connectivity index (χ3v) is 3.28. The molecule has 0 aliphatic heterocycles. The van der Waals surface area contributed by atoms with Gasteiger partial charge in [0.1, 0.15) is 5.75 Å². The monoisotopic (exact) mass is 303 g/mol. The number of nitrogens with one attached hydrogen (secondary N) is 1. The number of carbonyl (C=O) groups is 1. The van der Waals surface area contributed by atoms with Crippen LogP contribution < -0.4 is 10.1 Å². The third-order valence-electron chi connectivity index (χ3n) is 2.46. The standard InChI is InChI=1S/C14H13N3O3S/c1-3-8-15-12(18)9-21-14-17-16-13(20-14)10-4-6-11(19-2)7-5-10/h1,4-7H,8-9H2,2H3,(H,15,18). The molecule has 1 aromatic heterocycles. The minimum absolute atomic E-state index is 0.173. The molecule has 1 heterocycles. The van der Waals surface area contributed by atoms with E-state index in [1.165, 1.54) is 0 Å². The van der Waals surface area contributed by atoms with Crippen LogP contribution in [0.4, 0.5) is 0 Å². The summed E-state index contributed by atoms with van der Waals surface area (Å²) in [6.45, 7) is 0.209. The molecule has 108 valence electrons. The van der Waals surface area contributed by atoms with Crippen LogP contribution in [0.5, 0.6) is 5.75 Å². The first-order chi connectivity index (χ1) is 10.2. The molecule has 0 bridgehead atoms. The summed E-state index contributed by atoms with van der Waals surface area (Å²) in [4.78, 5) is 11.4. The van der Waals surface area contributed by atoms with Gasteiger partial charge in [0.05, 0.1) is 19.4 Å². The van der Waals surface area contributed by atoms with Crippen molar-refractivity contribution in [3.05, 3.63) is 24.3 Å². The number of aromatic nitrogens is 2. The summed E-state index contributed by atoms with van der Waals surface area (Å²) in [7, 11) is 1.60. The van der Waals surface area contributed by atoms with E-state index in [-0.39, 0.29) is 18.2 Å². The number of nitrogens with zero attached hydrogens (tertiary/aromatic N) is 2. The maximum Gasteiger partial charge on any atom is 0.277 e. The van der Waals surface area contributed by atoms with E-state index < -0.39 is 0 Å². The average Bonchev–Trinajstić information content (AvgIpc) is 3.00. The van der Waals surface area contributed by atoms with Gasteiger partial charge in [-0.25, -0.2) is 0 Å². The molecule has 7 heteroatoms. The summed E-state index contributed by atoms with van der Waals surface area (Å²) in [5, 5.41) is 10.7. The van der Waals surface area contributed by atoms with Crippen LogP contribution in [0.1, 0.15) is 0 Å². The van der Waals surface area contributed by atoms with E-state index in [1.54, 1.807) is 19.2 Å². The van der Waals surface area contributed by atoms with Crippen LogP contribution in [0.2, 0.25) is 0 Å². The van der Waals surface area contributed by atoms with Gasteiger partial charge in [-0.15, -0.1) is 16.6 Å². The first-order valence-corrected chi connectivity index (χ1v) is 7.02. The van der Waals surface area contributed by atoms with Crippen molar-refractivity contribution in [3.63, 3.8) is 0 Å². The summed E-state index contributed by atoms with van der Waals surface area (Å²) in [5.74, 6) is 3.46. The Morgan fingerprint density at radius 1 is 1.43 bits per heavy atom. The van der Waals surface area contributed by atoms with Crippen molar-refractivity contribution >= 4 is 17.7 Å². The van der Waals surface area contributed by atoms with Crippen molar-refractivity contribution in [1.29, 1.82) is 0 Å². The second-order valence-corrected chi connectivity index (χ2v) is 4.80. The smallest absolute Gasteiger partial charge is 0.277 e. The van der Waals surface area contributed by atoms with Crippen molar-refractivity contribution in [2.45, 2.75) is 5.22 Å². The van der Waals surface area contributed by atoms with Crippen LogP contribution in [0, 0.1) is 12.3 Å². The molecule has 0 spiro atoms. The van der Waals surface area contributed by atoms with Gasteiger partial charge >= 0.3 is 0 Å². The highest BCUT2D eigenvalue weighted by Gasteiger charge is 2.11. The summed E-state index contributed by atoms with van der Waals surface area (Å²) in [6, 6.07) is 7.25. The van der Waals surface area contributed by atoms with E-state index in [4.69, 9.17) is 15.6 Å². The number of methoxy groups -OCH3 is 1. The van der Waals surface area contributed by atoms with Gasteiger partial charge in [0, 0.05) is 5.56 Å². The van der Waals surface area contributed by atoms with Crippen LogP contribution in [0.3, 0.4) is 0 Å². The minimum atomic E-state index is -0.179. The Balaban J connectivity index is 1.94. The van der Waals surface area contributed by atoms with Crippen LogP contribution in [0.15, 0.2) is 33.9 Å². The predicted octanol–water partition coefficient (Wildman–Crippen LogP) is 1.59.